The summed E-state index contributed by atoms with van der Waals surface area (Å²) in [5.74, 6) is -0.768. The van der Waals surface area contributed by atoms with Gasteiger partial charge in [-0.25, -0.2) is 0 Å². The van der Waals surface area contributed by atoms with E-state index in [1.54, 1.807) is 0 Å². The van der Waals surface area contributed by atoms with Gasteiger partial charge in [0.1, 0.15) is 11.8 Å². The second kappa shape index (κ2) is 9.54. The van der Waals surface area contributed by atoms with Gasteiger partial charge in [0, 0.05) is 12.3 Å². The molecular weight excluding hydrogens is 438 g/mol. The van der Waals surface area contributed by atoms with Gasteiger partial charge < -0.3 is 25.4 Å². The highest BCUT2D eigenvalue weighted by Crippen LogP contribution is 2.38. The number of carbonyl (C=O) groups excluding carboxylic acids is 4. The molecule has 1 fully saturated rings. The van der Waals surface area contributed by atoms with Crippen LogP contribution in [0.4, 0.5) is 11.4 Å². The van der Waals surface area contributed by atoms with E-state index in [1.165, 1.54) is 19.2 Å². The van der Waals surface area contributed by atoms with Crippen LogP contribution in [0.3, 0.4) is 0 Å². The van der Waals surface area contributed by atoms with Crippen molar-refractivity contribution < 1.29 is 28.7 Å². The lowest BCUT2D eigenvalue weighted by Gasteiger charge is -2.16. The van der Waals surface area contributed by atoms with E-state index < -0.39 is 23.8 Å². The first-order chi connectivity index (χ1) is 16.2. The van der Waals surface area contributed by atoms with E-state index in [0.717, 1.165) is 24.0 Å². The first-order valence-corrected chi connectivity index (χ1v) is 11.2. The van der Waals surface area contributed by atoms with Gasteiger partial charge in [0.15, 0.2) is 5.75 Å². The number of methoxy groups -OCH3 is 1. The Bertz CT molecular complexity index is 1170. The summed E-state index contributed by atoms with van der Waals surface area (Å²) in [5, 5.41) is 8.26. The predicted octanol–water partition coefficient (Wildman–Crippen LogP) is 3.45. The highest BCUT2D eigenvalue weighted by Gasteiger charge is 2.32. The molecule has 0 unspecified atom stereocenters. The molecule has 3 N–H and O–H groups in total. The van der Waals surface area contributed by atoms with E-state index in [4.69, 9.17) is 4.74 Å². The molecule has 1 heterocycles. The molecule has 3 amide bonds. The molecule has 1 saturated carbocycles. The summed E-state index contributed by atoms with van der Waals surface area (Å²) in [7, 11) is 1.26. The molecule has 1 atom stereocenters. The number of nitrogens with one attached hydrogen (secondary N) is 3. The number of hydrogen-bond acceptors (Lipinski definition) is 6. The smallest absolute Gasteiger partial charge is 0.305 e. The topological polar surface area (TPSA) is 123 Å². The number of ether oxygens (including phenoxy) is 2. The maximum absolute atomic E-state index is 13.0. The Balaban J connectivity index is 1.66. The third kappa shape index (κ3) is 5.19. The quantitative estimate of drug-likeness (QED) is 0.539. The largest absolute Gasteiger partial charge is 0.469 e. The molecule has 4 rings (SSSR count). The molecule has 34 heavy (non-hydrogen) atoms. The van der Waals surface area contributed by atoms with Crippen molar-refractivity contribution in [2.45, 2.75) is 45.6 Å². The average Bonchev–Trinajstić information content (AvgIpc) is 3.65. The Hall–Kier alpha value is -3.88. The summed E-state index contributed by atoms with van der Waals surface area (Å²) in [6.07, 6.45) is 1.72. The van der Waals surface area contributed by atoms with Crippen LogP contribution in [0.1, 0.15) is 47.2 Å². The summed E-state index contributed by atoms with van der Waals surface area (Å²) >= 11 is 0. The number of rotatable bonds is 7. The molecule has 9 heteroatoms. The van der Waals surface area contributed by atoms with Crippen LogP contribution >= 0.6 is 0 Å². The molecule has 2 aromatic carbocycles. The van der Waals surface area contributed by atoms with E-state index in [9.17, 15) is 19.2 Å². The zero-order valence-corrected chi connectivity index (χ0v) is 19.3. The van der Waals surface area contributed by atoms with Gasteiger partial charge in [-0.05, 0) is 68.5 Å². The van der Waals surface area contributed by atoms with Crippen molar-refractivity contribution in [3.8, 4) is 11.5 Å². The van der Waals surface area contributed by atoms with Crippen LogP contribution in [0.2, 0.25) is 0 Å². The summed E-state index contributed by atoms with van der Waals surface area (Å²) in [4.78, 5) is 49.7. The Labute approximate surface area is 197 Å². The SMILES string of the molecule is COC(=O)CC[C@H]1NC(=O)c2cc(Oc3ccc(C)c(C)c3)c(NC(=O)C3CC3)cc2NC1=O. The minimum atomic E-state index is -0.910. The molecule has 9 nitrogen and oxygen atoms in total. The standard InChI is InChI=1S/C25H27N3O6/c1-13-4-7-16(10-14(13)2)34-21-11-17-19(12-20(21)28-23(30)15-5-6-15)27-25(32)18(26-24(17)31)8-9-22(29)33-3/h4,7,10-12,15,18H,5-6,8-9H2,1-3H3,(H,26,31)(H,27,32)(H,28,30)/t18-/m1/s1. The predicted molar refractivity (Wildman–Crippen MR) is 125 cm³/mol. The number of aryl methyl sites for hydroxylation is 2. The van der Waals surface area contributed by atoms with Crippen LogP contribution in [0, 0.1) is 19.8 Å². The van der Waals surface area contributed by atoms with Gasteiger partial charge in [0.25, 0.3) is 5.91 Å². The van der Waals surface area contributed by atoms with E-state index in [1.807, 2.05) is 32.0 Å². The van der Waals surface area contributed by atoms with Gasteiger partial charge in [-0.1, -0.05) is 6.07 Å². The van der Waals surface area contributed by atoms with Crippen LogP contribution in [-0.4, -0.2) is 36.8 Å². The fraction of sp³-hybridized carbons (Fsp3) is 0.360. The Morgan fingerprint density at radius 2 is 1.85 bits per heavy atom. The maximum atomic E-state index is 13.0. The van der Waals surface area contributed by atoms with Gasteiger partial charge in [0.05, 0.1) is 24.0 Å². The van der Waals surface area contributed by atoms with Crippen molar-refractivity contribution in [3.63, 3.8) is 0 Å². The summed E-state index contributed by atoms with van der Waals surface area (Å²) in [6, 6.07) is 7.74. The Kier molecular flexibility index (Phi) is 6.54. The number of fused-ring (bicyclic) bond motifs is 1. The molecule has 2 aromatic rings. The number of amides is 3. The number of anilines is 2. The molecule has 0 spiro atoms. The van der Waals surface area contributed by atoms with Gasteiger partial charge >= 0.3 is 5.97 Å². The van der Waals surface area contributed by atoms with Gasteiger partial charge in [0.2, 0.25) is 11.8 Å². The molecule has 0 aromatic heterocycles. The van der Waals surface area contributed by atoms with Crippen molar-refractivity contribution >= 4 is 35.1 Å². The highest BCUT2D eigenvalue weighted by molar-refractivity contribution is 6.11. The molecular formula is C25H27N3O6. The normalized spacial score (nSPS) is 17.1. The van der Waals surface area contributed by atoms with Gasteiger partial charge in [-0.2, -0.15) is 0 Å². The number of hydrogen-bond donors (Lipinski definition) is 3. The monoisotopic (exact) mass is 465 g/mol. The van der Waals surface area contributed by atoms with E-state index in [0.29, 0.717) is 11.4 Å². The van der Waals surface area contributed by atoms with Crippen molar-refractivity contribution in [2.75, 3.05) is 17.7 Å². The minimum Gasteiger partial charge on any atom is -0.469 e. The lowest BCUT2D eigenvalue weighted by Crippen LogP contribution is -2.41. The lowest BCUT2D eigenvalue weighted by molar-refractivity contribution is -0.140. The van der Waals surface area contributed by atoms with E-state index >= 15 is 0 Å². The maximum Gasteiger partial charge on any atom is 0.305 e. The Morgan fingerprint density at radius 3 is 2.53 bits per heavy atom. The van der Waals surface area contributed by atoms with Gasteiger partial charge in [-0.3, -0.25) is 19.2 Å². The Morgan fingerprint density at radius 1 is 1.09 bits per heavy atom. The molecule has 0 bridgehead atoms. The molecule has 2 aliphatic rings. The zero-order valence-electron chi connectivity index (χ0n) is 19.3. The van der Waals surface area contributed by atoms with Crippen molar-refractivity contribution in [3.05, 3.63) is 47.0 Å². The van der Waals surface area contributed by atoms with E-state index in [-0.39, 0.29) is 41.7 Å². The van der Waals surface area contributed by atoms with Crippen LogP contribution in [0.5, 0.6) is 11.5 Å². The van der Waals surface area contributed by atoms with Crippen LogP contribution in [0.25, 0.3) is 0 Å². The summed E-state index contributed by atoms with van der Waals surface area (Å²) in [6.45, 7) is 3.96. The summed E-state index contributed by atoms with van der Waals surface area (Å²) < 4.78 is 10.7. The minimum absolute atomic E-state index is 0.0188. The van der Waals surface area contributed by atoms with Crippen LogP contribution in [0.15, 0.2) is 30.3 Å². The summed E-state index contributed by atoms with van der Waals surface area (Å²) in [5.41, 5.74) is 2.94. The molecule has 0 saturated heterocycles. The first-order valence-electron chi connectivity index (χ1n) is 11.2. The second-order valence-corrected chi connectivity index (χ2v) is 8.64. The number of benzene rings is 2. The highest BCUT2D eigenvalue weighted by atomic mass is 16.5. The molecule has 1 aliphatic heterocycles. The third-order valence-electron chi connectivity index (χ3n) is 6.02. The number of carbonyl (C=O) groups is 4. The first kappa shape index (κ1) is 23.3. The fourth-order valence-electron chi connectivity index (χ4n) is 3.63. The molecule has 178 valence electrons. The third-order valence-corrected chi connectivity index (χ3v) is 6.02. The van der Waals surface area contributed by atoms with Crippen LogP contribution < -0.4 is 20.7 Å². The average molecular weight is 466 g/mol. The van der Waals surface area contributed by atoms with Crippen molar-refractivity contribution in [2.24, 2.45) is 5.92 Å². The fourth-order valence-corrected chi connectivity index (χ4v) is 3.63. The van der Waals surface area contributed by atoms with Gasteiger partial charge in [-0.15, -0.1) is 0 Å². The second-order valence-electron chi connectivity index (χ2n) is 8.64. The molecule has 1 aliphatic carbocycles. The zero-order chi connectivity index (χ0) is 24.4. The van der Waals surface area contributed by atoms with Crippen molar-refractivity contribution in [1.82, 2.24) is 5.32 Å². The lowest BCUT2D eigenvalue weighted by atomic mass is 10.1. The van der Waals surface area contributed by atoms with Crippen LogP contribution in [-0.2, 0) is 19.1 Å². The van der Waals surface area contributed by atoms with Crippen molar-refractivity contribution in [1.29, 1.82) is 0 Å². The molecule has 0 radical (unpaired) electrons. The number of esters is 1. The van der Waals surface area contributed by atoms with E-state index in [2.05, 4.69) is 20.7 Å².